The minimum absolute atomic E-state index is 0. The molecule has 2 heterocycles. The molecule has 2 saturated heterocycles. The second kappa shape index (κ2) is 14.0. The third-order valence-electron chi connectivity index (χ3n) is 6.89. The lowest BCUT2D eigenvalue weighted by Crippen LogP contribution is -2.48. The first-order chi connectivity index (χ1) is 16.2. The Balaban J connectivity index is 0.00000324. The van der Waals surface area contributed by atoms with E-state index in [1.165, 1.54) is 29.8 Å². The molecule has 2 fully saturated rings. The first-order valence-electron chi connectivity index (χ1n) is 12.4. The van der Waals surface area contributed by atoms with Crippen LogP contribution in [0.1, 0.15) is 29.5 Å². The fourth-order valence-electron chi connectivity index (χ4n) is 4.68. The molecule has 7 heteroatoms. The number of aliphatic imine (C=N–C) groups is 1. The number of hydrogen-bond donors (Lipinski definition) is 2. The molecule has 2 aromatic carbocycles. The molecule has 0 amide bonds. The van der Waals surface area contributed by atoms with Crippen LogP contribution < -0.4 is 10.6 Å². The number of likely N-dealkylation sites (N-methyl/N-ethyl adjacent to an activating group) is 1. The van der Waals surface area contributed by atoms with Gasteiger partial charge in [-0.05, 0) is 36.6 Å². The van der Waals surface area contributed by atoms with E-state index in [2.05, 4.69) is 92.0 Å². The third-order valence-corrected chi connectivity index (χ3v) is 6.89. The maximum absolute atomic E-state index is 4.46. The Morgan fingerprint density at radius 3 is 1.97 bits per heavy atom. The molecule has 0 atom stereocenters. The summed E-state index contributed by atoms with van der Waals surface area (Å²) >= 11 is 0. The number of hydrogen-bond acceptors (Lipinski definition) is 4. The van der Waals surface area contributed by atoms with Crippen LogP contribution in [0.25, 0.3) is 0 Å². The molecule has 4 rings (SSSR count). The molecule has 2 aliphatic rings. The first-order valence-corrected chi connectivity index (χ1v) is 12.4. The average Bonchev–Trinajstić information content (AvgIpc) is 2.86. The summed E-state index contributed by atoms with van der Waals surface area (Å²) in [4.78, 5) is 12.0. The summed E-state index contributed by atoms with van der Waals surface area (Å²) in [5.41, 5.74) is 4.08. The molecule has 186 valence electrons. The normalized spacial score (nSPS) is 18.9. The zero-order valence-electron chi connectivity index (χ0n) is 20.7. The fourth-order valence-corrected chi connectivity index (χ4v) is 4.68. The maximum atomic E-state index is 4.46. The van der Waals surface area contributed by atoms with E-state index >= 15 is 0 Å². The van der Waals surface area contributed by atoms with Crippen molar-refractivity contribution in [3.05, 3.63) is 71.3 Å². The van der Waals surface area contributed by atoms with E-state index in [9.17, 15) is 0 Å². The molecule has 2 N–H and O–H groups in total. The van der Waals surface area contributed by atoms with Crippen molar-refractivity contribution >= 4 is 29.9 Å². The van der Waals surface area contributed by atoms with Crippen LogP contribution in [0.4, 0.5) is 0 Å². The van der Waals surface area contributed by atoms with Crippen molar-refractivity contribution in [2.75, 3.05) is 53.4 Å². The molecule has 0 spiro atoms. The second-order valence-electron chi connectivity index (χ2n) is 9.50. The van der Waals surface area contributed by atoms with Crippen LogP contribution in [0.3, 0.4) is 0 Å². The van der Waals surface area contributed by atoms with Crippen LogP contribution in [0.5, 0.6) is 0 Å². The number of piperidine rings is 1. The number of rotatable bonds is 7. The van der Waals surface area contributed by atoms with Gasteiger partial charge < -0.3 is 15.5 Å². The average molecular weight is 577 g/mol. The van der Waals surface area contributed by atoms with E-state index in [1.54, 1.807) is 0 Å². The van der Waals surface area contributed by atoms with E-state index < -0.39 is 0 Å². The molecule has 0 unspecified atom stereocenters. The lowest BCUT2D eigenvalue weighted by molar-refractivity contribution is 0.148. The number of likely N-dealkylation sites (tertiary alicyclic amines) is 1. The molecule has 34 heavy (non-hydrogen) atoms. The molecular weight excluding hydrogens is 535 g/mol. The van der Waals surface area contributed by atoms with Crippen molar-refractivity contribution < 1.29 is 0 Å². The zero-order valence-corrected chi connectivity index (χ0v) is 23.1. The van der Waals surface area contributed by atoms with Gasteiger partial charge in [0.15, 0.2) is 5.96 Å². The molecule has 6 nitrogen and oxygen atoms in total. The van der Waals surface area contributed by atoms with Gasteiger partial charge in [0.1, 0.15) is 0 Å². The second-order valence-corrected chi connectivity index (χ2v) is 9.50. The molecule has 0 saturated carbocycles. The van der Waals surface area contributed by atoms with Gasteiger partial charge in [-0.15, -0.1) is 24.0 Å². The van der Waals surface area contributed by atoms with E-state index in [-0.39, 0.29) is 24.0 Å². The molecule has 0 radical (unpaired) electrons. The summed E-state index contributed by atoms with van der Waals surface area (Å²) in [7, 11) is 4.07. The number of nitrogens with one attached hydrogen (secondary N) is 2. The van der Waals surface area contributed by atoms with Crippen molar-refractivity contribution in [3.8, 4) is 0 Å². The van der Waals surface area contributed by atoms with Gasteiger partial charge in [-0.1, -0.05) is 54.6 Å². The van der Waals surface area contributed by atoms with Crippen molar-refractivity contribution in [1.29, 1.82) is 0 Å². The van der Waals surface area contributed by atoms with Gasteiger partial charge in [-0.25, -0.2) is 0 Å². The summed E-state index contributed by atoms with van der Waals surface area (Å²) in [6, 6.07) is 20.3. The molecular formula is C27H41IN6. The lowest BCUT2D eigenvalue weighted by atomic mass is 10.0. The van der Waals surface area contributed by atoms with Gasteiger partial charge in [-0.3, -0.25) is 14.8 Å². The van der Waals surface area contributed by atoms with E-state index in [1.807, 2.05) is 7.05 Å². The number of piperazine rings is 1. The van der Waals surface area contributed by atoms with Crippen molar-refractivity contribution in [1.82, 2.24) is 25.3 Å². The number of guanidine groups is 1. The Bertz CT molecular complexity index is 856. The summed E-state index contributed by atoms with van der Waals surface area (Å²) in [5, 5.41) is 7.13. The summed E-state index contributed by atoms with van der Waals surface area (Å²) in [5.74, 6) is 0.901. The highest BCUT2D eigenvalue weighted by Crippen LogP contribution is 2.14. The van der Waals surface area contributed by atoms with E-state index in [0.29, 0.717) is 6.04 Å². The minimum Gasteiger partial charge on any atom is -0.354 e. The van der Waals surface area contributed by atoms with Gasteiger partial charge in [0.2, 0.25) is 0 Å². The maximum Gasteiger partial charge on any atom is 0.191 e. The largest absolute Gasteiger partial charge is 0.354 e. The highest BCUT2D eigenvalue weighted by Gasteiger charge is 2.20. The van der Waals surface area contributed by atoms with Crippen LogP contribution >= 0.6 is 24.0 Å². The lowest BCUT2D eigenvalue weighted by Gasteiger charge is -2.33. The Labute approximate surface area is 222 Å². The van der Waals surface area contributed by atoms with Gasteiger partial charge in [0.25, 0.3) is 0 Å². The number of nitrogens with zero attached hydrogens (tertiary/aromatic N) is 4. The highest BCUT2D eigenvalue weighted by molar-refractivity contribution is 14.0. The quantitative estimate of drug-likeness (QED) is 0.301. The Kier molecular flexibility index (Phi) is 11.1. The van der Waals surface area contributed by atoms with Crippen LogP contribution in [-0.4, -0.2) is 80.1 Å². The van der Waals surface area contributed by atoms with Crippen molar-refractivity contribution in [2.45, 2.75) is 38.5 Å². The summed E-state index contributed by atoms with van der Waals surface area (Å²) < 4.78 is 0. The SMILES string of the molecule is CN=C(NCc1ccc(CN2CCN(C)CC2)cc1)NC1CCN(Cc2ccccc2)CC1.I. The van der Waals surface area contributed by atoms with Crippen LogP contribution in [0, 0.1) is 0 Å². The highest BCUT2D eigenvalue weighted by atomic mass is 127. The Morgan fingerprint density at radius 2 is 1.35 bits per heavy atom. The third kappa shape index (κ3) is 8.52. The summed E-state index contributed by atoms with van der Waals surface area (Å²) in [6.45, 7) is 9.79. The molecule has 0 aromatic heterocycles. The summed E-state index contributed by atoms with van der Waals surface area (Å²) in [6.07, 6.45) is 2.29. The molecule has 2 aliphatic heterocycles. The van der Waals surface area contributed by atoms with Crippen LogP contribution in [0.2, 0.25) is 0 Å². The Morgan fingerprint density at radius 1 is 0.794 bits per heavy atom. The van der Waals surface area contributed by atoms with Crippen LogP contribution in [-0.2, 0) is 19.6 Å². The Hall–Kier alpha value is -1.68. The van der Waals surface area contributed by atoms with Crippen LogP contribution in [0.15, 0.2) is 59.6 Å². The predicted molar refractivity (Wildman–Crippen MR) is 153 cm³/mol. The number of halogens is 1. The minimum atomic E-state index is 0. The first kappa shape index (κ1) is 26.9. The van der Waals surface area contributed by atoms with E-state index in [4.69, 9.17) is 0 Å². The molecule has 0 bridgehead atoms. The predicted octanol–water partition coefficient (Wildman–Crippen LogP) is 3.38. The van der Waals surface area contributed by atoms with E-state index in [0.717, 1.165) is 64.6 Å². The monoisotopic (exact) mass is 576 g/mol. The molecule has 0 aliphatic carbocycles. The molecule has 2 aromatic rings. The van der Waals surface area contributed by atoms with Gasteiger partial charge >= 0.3 is 0 Å². The van der Waals surface area contributed by atoms with Crippen molar-refractivity contribution in [3.63, 3.8) is 0 Å². The van der Waals surface area contributed by atoms with Gasteiger partial charge in [-0.2, -0.15) is 0 Å². The number of benzene rings is 2. The van der Waals surface area contributed by atoms with Gasteiger partial charge in [0, 0.05) is 72.0 Å². The van der Waals surface area contributed by atoms with Crippen molar-refractivity contribution in [2.24, 2.45) is 4.99 Å². The topological polar surface area (TPSA) is 46.1 Å². The van der Waals surface area contributed by atoms with Gasteiger partial charge in [0.05, 0.1) is 0 Å². The fraction of sp³-hybridized carbons (Fsp3) is 0.519. The zero-order chi connectivity index (χ0) is 22.9. The standard InChI is InChI=1S/C27H40N6.HI/c1-28-27(30-26-12-14-32(15-13-26)21-24-6-4-3-5-7-24)29-20-23-8-10-25(11-9-23)22-33-18-16-31(2)17-19-33;/h3-11,26H,12-22H2,1-2H3,(H2,28,29,30);1H. The smallest absolute Gasteiger partial charge is 0.191 e.